The molecule has 0 radical (unpaired) electrons. The number of hydrogen-bond donors (Lipinski definition) is 1. The smallest absolute Gasteiger partial charge is 0.269 e. The third-order valence-corrected chi connectivity index (χ3v) is 3.36. The van der Waals surface area contributed by atoms with Gasteiger partial charge >= 0.3 is 0 Å². The lowest BCUT2D eigenvalue weighted by atomic mass is 10.2. The fourth-order valence-corrected chi connectivity index (χ4v) is 2.17. The van der Waals surface area contributed by atoms with Gasteiger partial charge < -0.3 is 9.84 Å². The number of likely N-dealkylation sites (N-methyl/N-ethyl adjacent to an activating group) is 1. The predicted octanol–water partition coefficient (Wildman–Crippen LogP) is 2.62. The Balaban J connectivity index is 1.96. The molecule has 122 valence electrons. The number of anilines is 1. The first kappa shape index (κ1) is 16.9. The van der Waals surface area contributed by atoms with E-state index in [9.17, 15) is 14.9 Å². The highest BCUT2D eigenvalue weighted by atomic mass is 35.5. The summed E-state index contributed by atoms with van der Waals surface area (Å²) in [5.74, 6) is 0.661. The molecular weight excluding hydrogens is 324 g/mol. The maximum atomic E-state index is 11.9. The quantitative estimate of drug-likeness (QED) is 0.641. The zero-order valence-corrected chi connectivity index (χ0v) is 13.3. The Morgan fingerprint density at radius 3 is 2.83 bits per heavy atom. The summed E-state index contributed by atoms with van der Waals surface area (Å²) in [4.78, 5) is 23.9. The monoisotopic (exact) mass is 338 g/mol. The first-order valence-corrected chi connectivity index (χ1v) is 7.07. The molecule has 1 amide bonds. The van der Waals surface area contributed by atoms with Crippen LogP contribution in [0.15, 0.2) is 28.8 Å². The van der Waals surface area contributed by atoms with E-state index < -0.39 is 4.92 Å². The third-order valence-electron chi connectivity index (χ3n) is 2.99. The average Bonchev–Trinajstić information content (AvgIpc) is 2.85. The van der Waals surface area contributed by atoms with Crippen LogP contribution in [0.1, 0.15) is 11.3 Å². The second kappa shape index (κ2) is 7.21. The van der Waals surface area contributed by atoms with Crippen molar-refractivity contribution in [3.8, 4) is 0 Å². The van der Waals surface area contributed by atoms with Crippen molar-refractivity contribution in [3.63, 3.8) is 0 Å². The van der Waals surface area contributed by atoms with Crippen LogP contribution < -0.4 is 5.32 Å². The summed E-state index contributed by atoms with van der Waals surface area (Å²) < 4.78 is 4.86. The number of nitro benzene ring substituents is 1. The molecule has 8 nitrogen and oxygen atoms in total. The standard InChI is InChI=1S/C14H15ClN4O4/c1-9-5-13(17-23-9)16-14(20)8-18(2)7-10-6-11(19(21)22)3-4-12(10)15/h3-6H,7-8H2,1-2H3,(H,16,17,20). The number of aromatic nitrogens is 1. The van der Waals surface area contributed by atoms with Crippen LogP contribution in [0.5, 0.6) is 0 Å². The molecule has 2 rings (SSSR count). The van der Waals surface area contributed by atoms with Crippen molar-refractivity contribution in [1.82, 2.24) is 10.1 Å². The molecule has 0 saturated heterocycles. The Labute approximate surface area is 137 Å². The van der Waals surface area contributed by atoms with Crippen molar-refractivity contribution >= 4 is 29.0 Å². The second-order valence-corrected chi connectivity index (χ2v) is 5.48. The van der Waals surface area contributed by atoms with Crippen LogP contribution in [0.4, 0.5) is 11.5 Å². The molecule has 1 aromatic heterocycles. The van der Waals surface area contributed by atoms with Gasteiger partial charge in [0.2, 0.25) is 5.91 Å². The summed E-state index contributed by atoms with van der Waals surface area (Å²) in [5.41, 5.74) is 0.536. The molecule has 0 unspecified atom stereocenters. The van der Waals surface area contributed by atoms with Crippen molar-refractivity contribution in [2.75, 3.05) is 18.9 Å². The average molecular weight is 339 g/mol. The van der Waals surface area contributed by atoms with Gasteiger partial charge in [0.1, 0.15) is 5.76 Å². The van der Waals surface area contributed by atoms with Crippen molar-refractivity contribution < 1.29 is 14.2 Å². The Hall–Kier alpha value is -2.45. The van der Waals surface area contributed by atoms with E-state index in [1.165, 1.54) is 18.2 Å². The topological polar surface area (TPSA) is 102 Å². The lowest BCUT2D eigenvalue weighted by molar-refractivity contribution is -0.384. The van der Waals surface area contributed by atoms with Gasteiger partial charge in [-0.05, 0) is 25.6 Å². The van der Waals surface area contributed by atoms with Gasteiger partial charge in [0, 0.05) is 29.8 Å². The third kappa shape index (κ3) is 4.76. The van der Waals surface area contributed by atoms with Crippen LogP contribution in [0, 0.1) is 17.0 Å². The molecule has 0 aliphatic heterocycles. The number of carbonyl (C=O) groups excluding carboxylic acids is 1. The van der Waals surface area contributed by atoms with E-state index in [1.807, 2.05) is 0 Å². The maximum Gasteiger partial charge on any atom is 0.269 e. The van der Waals surface area contributed by atoms with E-state index in [0.29, 0.717) is 28.7 Å². The lowest BCUT2D eigenvalue weighted by Gasteiger charge is -2.16. The van der Waals surface area contributed by atoms with Gasteiger partial charge in [0.05, 0.1) is 11.5 Å². The normalized spacial score (nSPS) is 10.8. The number of nitrogens with zero attached hydrogens (tertiary/aromatic N) is 3. The Bertz CT molecular complexity index is 731. The van der Waals surface area contributed by atoms with Crippen molar-refractivity contribution in [3.05, 3.63) is 50.7 Å². The molecule has 0 fully saturated rings. The predicted molar refractivity (Wildman–Crippen MR) is 84.3 cm³/mol. The minimum atomic E-state index is -0.487. The number of benzene rings is 1. The number of nitro groups is 1. The van der Waals surface area contributed by atoms with E-state index in [4.69, 9.17) is 16.1 Å². The van der Waals surface area contributed by atoms with Gasteiger partial charge in [-0.15, -0.1) is 0 Å². The highest BCUT2D eigenvalue weighted by Crippen LogP contribution is 2.23. The summed E-state index contributed by atoms with van der Waals surface area (Å²) in [6.45, 7) is 2.09. The van der Waals surface area contributed by atoms with Gasteiger partial charge in [-0.25, -0.2) is 0 Å². The number of hydrogen-bond acceptors (Lipinski definition) is 6. The van der Waals surface area contributed by atoms with Gasteiger partial charge in [-0.2, -0.15) is 0 Å². The molecule has 9 heteroatoms. The molecule has 0 saturated carbocycles. The van der Waals surface area contributed by atoms with Crippen LogP contribution in [-0.2, 0) is 11.3 Å². The molecular formula is C14H15ClN4O4. The maximum absolute atomic E-state index is 11.9. The number of amides is 1. The largest absolute Gasteiger partial charge is 0.360 e. The molecule has 23 heavy (non-hydrogen) atoms. The number of halogens is 1. The first-order valence-electron chi connectivity index (χ1n) is 6.69. The zero-order chi connectivity index (χ0) is 17.0. The fraction of sp³-hybridized carbons (Fsp3) is 0.286. The number of non-ortho nitro benzene ring substituents is 1. The molecule has 0 atom stereocenters. The van der Waals surface area contributed by atoms with E-state index in [2.05, 4.69) is 10.5 Å². The highest BCUT2D eigenvalue weighted by molar-refractivity contribution is 6.31. The zero-order valence-electron chi connectivity index (χ0n) is 12.6. The van der Waals surface area contributed by atoms with Crippen LogP contribution in [-0.4, -0.2) is 34.5 Å². The van der Waals surface area contributed by atoms with Crippen LogP contribution >= 0.6 is 11.6 Å². The SMILES string of the molecule is Cc1cc(NC(=O)CN(C)Cc2cc([N+](=O)[O-])ccc2Cl)no1. The van der Waals surface area contributed by atoms with E-state index in [0.717, 1.165) is 0 Å². The molecule has 2 aromatic rings. The summed E-state index contributed by atoms with van der Waals surface area (Å²) in [5, 5.41) is 17.5. The van der Waals surface area contributed by atoms with Crippen LogP contribution in [0.25, 0.3) is 0 Å². The molecule has 1 N–H and O–H groups in total. The highest BCUT2D eigenvalue weighted by Gasteiger charge is 2.14. The minimum absolute atomic E-state index is 0.0414. The number of nitrogens with one attached hydrogen (secondary N) is 1. The van der Waals surface area contributed by atoms with Crippen molar-refractivity contribution in [1.29, 1.82) is 0 Å². The van der Waals surface area contributed by atoms with E-state index >= 15 is 0 Å². The number of aryl methyl sites for hydroxylation is 1. The number of rotatable bonds is 6. The first-order chi connectivity index (χ1) is 10.8. The minimum Gasteiger partial charge on any atom is -0.360 e. The van der Waals surface area contributed by atoms with E-state index in [-0.39, 0.29) is 18.1 Å². The van der Waals surface area contributed by atoms with Gasteiger partial charge in [-0.1, -0.05) is 16.8 Å². The summed E-state index contributed by atoms with van der Waals surface area (Å²) in [6.07, 6.45) is 0. The molecule has 0 aliphatic carbocycles. The fourth-order valence-electron chi connectivity index (χ4n) is 2.00. The Kier molecular flexibility index (Phi) is 5.30. The van der Waals surface area contributed by atoms with Crippen molar-refractivity contribution in [2.24, 2.45) is 0 Å². The number of carbonyl (C=O) groups is 1. The van der Waals surface area contributed by atoms with Gasteiger partial charge in [0.15, 0.2) is 5.82 Å². The summed E-state index contributed by atoms with van der Waals surface area (Å²) in [7, 11) is 1.71. The van der Waals surface area contributed by atoms with Gasteiger partial charge in [-0.3, -0.25) is 19.8 Å². The molecule has 1 heterocycles. The lowest BCUT2D eigenvalue weighted by Crippen LogP contribution is -2.30. The summed E-state index contributed by atoms with van der Waals surface area (Å²) in [6, 6.07) is 5.82. The van der Waals surface area contributed by atoms with Crippen LogP contribution in [0.3, 0.4) is 0 Å². The van der Waals surface area contributed by atoms with E-state index in [1.54, 1.807) is 24.9 Å². The molecule has 0 aliphatic rings. The Morgan fingerprint density at radius 1 is 1.48 bits per heavy atom. The molecule has 1 aromatic carbocycles. The van der Waals surface area contributed by atoms with Crippen LogP contribution in [0.2, 0.25) is 5.02 Å². The summed E-state index contributed by atoms with van der Waals surface area (Å²) >= 11 is 6.04. The Morgan fingerprint density at radius 2 is 2.22 bits per heavy atom. The van der Waals surface area contributed by atoms with Gasteiger partial charge in [0.25, 0.3) is 5.69 Å². The molecule has 0 spiro atoms. The second-order valence-electron chi connectivity index (χ2n) is 5.08. The van der Waals surface area contributed by atoms with Crippen molar-refractivity contribution in [2.45, 2.75) is 13.5 Å². The molecule has 0 bridgehead atoms.